The first-order chi connectivity index (χ1) is 27.3. The zero-order chi connectivity index (χ0) is 35.8. The molecule has 13 rings (SSSR count). The van der Waals surface area contributed by atoms with E-state index in [-0.39, 0.29) is 12.1 Å². The van der Waals surface area contributed by atoms with Crippen LogP contribution in [0.4, 0.5) is 11.4 Å². The van der Waals surface area contributed by atoms with Crippen molar-refractivity contribution in [3.8, 4) is 33.4 Å². The molecule has 0 spiro atoms. The third kappa shape index (κ3) is 3.81. The Morgan fingerprint density at radius 3 is 2.11 bits per heavy atom. The molecule has 8 aromatic carbocycles. The van der Waals surface area contributed by atoms with Gasteiger partial charge in [-0.1, -0.05) is 127 Å². The molecule has 4 heterocycles. The molecule has 2 aliphatic heterocycles. The quantitative estimate of drug-likeness (QED) is 0.180. The zero-order valence-electron chi connectivity index (χ0n) is 29.5. The largest absolute Gasteiger partial charge is 0.456 e. The normalized spacial score (nSPS) is 16.7. The third-order valence-electron chi connectivity index (χ3n) is 12.1. The molecule has 2 atom stereocenters. The van der Waals surface area contributed by atoms with Crippen molar-refractivity contribution in [1.82, 2.24) is 4.57 Å². The number of para-hydroxylation sites is 2. The van der Waals surface area contributed by atoms with E-state index in [1.165, 1.54) is 60.5 Å². The van der Waals surface area contributed by atoms with E-state index in [4.69, 9.17) is 14.4 Å². The minimum Gasteiger partial charge on any atom is -0.456 e. The van der Waals surface area contributed by atoms with E-state index in [1.807, 2.05) is 12.1 Å². The summed E-state index contributed by atoms with van der Waals surface area (Å²) in [6.45, 7) is 0. The maximum atomic E-state index is 6.34. The van der Waals surface area contributed by atoms with Crippen LogP contribution in [0, 0.1) is 0 Å². The summed E-state index contributed by atoms with van der Waals surface area (Å²) in [5.74, 6) is 0.701. The molecule has 0 N–H and O–H groups in total. The number of benzene rings is 8. The fourth-order valence-corrected chi connectivity index (χ4v) is 9.90. The van der Waals surface area contributed by atoms with Crippen LogP contribution in [-0.4, -0.2) is 22.8 Å². The molecule has 10 aromatic rings. The molecule has 3 aliphatic rings. The van der Waals surface area contributed by atoms with Crippen LogP contribution in [0.5, 0.6) is 0 Å². The van der Waals surface area contributed by atoms with E-state index in [0.29, 0.717) is 5.96 Å². The Labute approximate surface area is 315 Å². The van der Waals surface area contributed by atoms with E-state index >= 15 is 0 Å². The van der Waals surface area contributed by atoms with Gasteiger partial charge in [0.1, 0.15) is 17.2 Å². The summed E-state index contributed by atoms with van der Waals surface area (Å²) >= 11 is 0. The van der Waals surface area contributed by atoms with Crippen LogP contribution < -0.4 is 4.90 Å². The topological polar surface area (TPSA) is 46.0 Å². The van der Waals surface area contributed by atoms with E-state index in [0.717, 1.165) is 44.3 Å². The third-order valence-corrected chi connectivity index (χ3v) is 12.1. The lowest BCUT2D eigenvalue weighted by atomic mass is 9.89. The van der Waals surface area contributed by atoms with Gasteiger partial charge in [-0.05, 0) is 75.0 Å². The van der Waals surface area contributed by atoms with Gasteiger partial charge < -0.3 is 9.32 Å². The Hall–Kier alpha value is -7.24. The van der Waals surface area contributed by atoms with Crippen molar-refractivity contribution in [2.75, 3.05) is 4.90 Å². The van der Waals surface area contributed by atoms with Gasteiger partial charge in [0, 0.05) is 39.2 Å². The lowest BCUT2D eigenvalue weighted by Gasteiger charge is -2.29. The number of hydrogen-bond donors (Lipinski definition) is 0. The number of aliphatic imine (C=N–C) groups is 2. The maximum Gasteiger partial charge on any atom is 0.230 e. The highest BCUT2D eigenvalue weighted by Gasteiger charge is 2.42. The van der Waals surface area contributed by atoms with Crippen LogP contribution in [-0.2, 0) is 0 Å². The second kappa shape index (κ2) is 10.7. The Balaban J connectivity index is 1.07. The number of furan rings is 1. The summed E-state index contributed by atoms with van der Waals surface area (Å²) in [7, 11) is 0. The molecule has 256 valence electrons. The molecule has 2 unspecified atom stereocenters. The number of aromatic nitrogens is 1. The lowest BCUT2D eigenvalue weighted by molar-refractivity contribution is 0.668. The molecule has 0 fully saturated rings. The SMILES string of the molecule is C1=NC(n2c3cccc4c3c3c(c(-c5ccccc5)ccc32)-c2cccc3cccc-4c23)=NC2c3ccccc3N(c3cccc4oc5ccccc5c34)C12. The number of fused-ring (bicyclic) bond motifs is 8. The summed E-state index contributed by atoms with van der Waals surface area (Å²) in [6, 6.07) is 58.6. The molecule has 0 saturated heterocycles. The molecule has 1 aliphatic carbocycles. The summed E-state index contributed by atoms with van der Waals surface area (Å²) in [5, 5.41) is 7.24. The Kier molecular flexibility index (Phi) is 5.68. The maximum absolute atomic E-state index is 6.34. The van der Waals surface area contributed by atoms with Crippen molar-refractivity contribution in [1.29, 1.82) is 0 Å². The summed E-state index contributed by atoms with van der Waals surface area (Å²) in [6.07, 6.45) is 2.12. The van der Waals surface area contributed by atoms with Crippen LogP contribution >= 0.6 is 0 Å². The highest BCUT2D eigenvalue weighted by molar-refractivity contribution is 6.30. The molecule has 0 radical (unpaired) electrons. The molecule has 55 heavy (non-hydrogen) atoms. The summed E-state index contributed by atoms with van der Waals surface area (Å²) < 4.78 is 8.65. The highest BCUT2D eigenvalue weighted by atomic mass is 16.3. The van der Waals surface area contributed by atoms with Gasteiger partial charge in [-0.25, -0.2) is 9.98 Å². The van der Waals surface area contributed by atoms with Crippen LogP contribution in [0.15, 0.2) is 178 Å². The lowest BCUT2D eigenvalue weighted by Crippen LogP contribution is -2.34. The second-order valence-corrected chi connectivity index (χ2v) is 14.8. The number of rotatable bonds is 2. The predicted molar refractivity (Wildman–Crippen MR) is 227 cm³/mol. The molecular formula is C50H30N4O. The number of nitrogens with zero attached hydrogens (tertiary/aromatic N) is 4. The molecule has 0 saturated carbocycles. The Morgan fingerprint density at radius 2 is 1.20 bits per heavy atom. The molecular weight excluding hydrogens is 673 g/mol. The van der Waals surface area contributed by atoms with Crippen LogP contribution in [0.3, 0.4) is 0 Å². The monoisotopic (exact) mass is 702 g/mol. The first-order valence-electron chi connectivity index (χ1n) is 18.9. The highest BCUT2D eigenvalue weighted by Crippen LogP contribution is 2.53. The molecule has 0 amide bonds. The van der Waals surface area contributed by atoms with E-state index in [9.17, 15) is 0 Å². The van der Waals surface area contributed by atoms with E-state index in [2.05, 4.69) is 167 Å². The molecule has 5 nitrogen and oxygen atoms in total. The van der Waals surface area contributed by atoms with Crippen molar-refractivity contribution < 1.29 is 4.42 Å². The zero-order valence-corrected chi connectivity index (χ0v) is 29.5. The van der Waals surface area contributed by atoms with Gasteiger partial charge in [-0.3, -0.25) is 4.57 Å². The minimum atomic E-state index is -0.154. The number of anilines is 2. The van der Waals surface area contributed by atoms with Crippen molar-refractivity contribution in [3.05, 3.63) is 169 Å². The smallest absolute Gasteiger partial charge is 0.230 e. The van der Waals surface area contributed by atoms with E-state index < -0.39 is 0 Å². The summed E-state index contributed by atoms with van der Waals surface area (Å²) in [5.41, 5.74) is 14.8. The van der Waals surface area contributed by atoms with Gasteiger partial charge >= 0.3 is 0 Å². The molecule has 0 bridgehead atoms. The van der Waals surface area contributed by atoms with Gasteiger partial charge in [-0.15, -0.1) is 0 Å². The van der Waals surface area contributed by atoms with Gasteiger partial charge in [0.25, 0.3) is 0 Å². The predicted octanol–water partition coefficient (Wildman–Crippen LogP) is 12.7. The standard InChI is InChI=1S/C50H30N4O/c1-2-12-29(13-3-1)31-26-27-40-48-45(31)36-20-9-15-30-14-8-18-32(44(30)36)33-19-10-22-39(47(33)48)54(40)50-51-28-41-49(52-50)34-16-4-6-21-37(34)53(41)38-23-11-25-43-46(38)35-17-5-7-24-42(35)55-43/h1-28,41,49H. The van der Waals surface area contributed by atoms with Crippen molar-refractivity contribution in [2.24, 2.45) is 9.98 Å². The first-order valence-corrected chi connectivity index (χ1v) is 18.9. The average Bonchev–Trinajstić information content (AvgIpc) is 3.88. The van der Waals surface area contributed by atoms with Gasteiger partial charge in [-0.2, -0.15) is 0 Å². The Morgan fingerprint density at radius 1 is 0.491 bits per heavy atom. The molecule has 2 aromatic heterocycles. The van der Waals surface area contributed by atoms with Crippen LogP contribution in [0.25, 0.3) is 87.9 Å². The van der Waals surface area contributed by atoms with E-state index in [1.54, 1.807) is 0 Å². The number of hydrogen-bond acceptors (Lipinski definition) is 4. The summed E-state index contributed by atoms with van der Waals surface area (Å²) in [4.78, 5) is 13.3. The van der Waals surface area contributed by atoms with Gasteiger partial charge in [0.15, 0.2) is 0 Å². The van der Waals surface area contributed by atoms with Crippen LogP contribution in [0.2, 0.25) is 0 Å². The van der Waals surface area contributed by atoms with Crippen molar-refractivity contribution >= 4 is 78.1 Å². The second-order valence-electron chi connectivity index (χ2n) is 14.8. The van der Waals surface area contributed by atoms with Gasteiger partial charge in [0.2, 0.25) is 5.96 Å². The average molecular weight is 703 g/mol. The van der Waals surface area contributed by atoms with Gasteiger partial charge in [0.05, 0.1) is 28.1 Å². The Bertz CT molecular complexity index is 3340. The molecule has 5 heteroatoms. The minimum absolute atomic E-state index is 0.104. The van der Waals surface area contributed by atoms with Crippen molar-refractivity contribution in [2.45, 2.75) is 12.1 Å². The van der Waals surface area contributed by atoms with Crippen LogP contribution in [0.1, 0.15) is 11.6 Å². The fourth-order valence-electron chi connectivity index (χ4n) is 9.90. The fraction of sp³-hybridized carbons (Fsp3) is 0.0400. The van der Waals surface area contributed by atoms with Crippen molar-refractivity contribution in [3.63, 3.8) is 0 Å². The first kappa shape index (κ1) is 29.2.